The maximum atomic E-state index is 11.6. The minimum absolute atomic E-state index is 0.182. The van der Waals surface area contributed by atoms with E-state index in [0.717, 1.165) is 0 Å². The van der Waals surface area contributed by atoms with Gasteiger partial charge in [0.05, 0.1) is 32.6 Å². The van der Waals surface area contributed by atoms with E-state index in [-0.39, 0.29) is 5.75 Å². The molecule has 1 unspecified atom stereocenters. The van der Waals surface area contributed by atoms with E-state index < -0.39 is 16.9 Å². The standard InChI is InChI=1S/C9H10Cl2O2S/c1-6(12)5-14(13)9-3-2-7(10)4-8(9)11/h2-4,6,12H,5H2,1H3/t6-,14?/m0/s1. The van der Waals surface area contributed by atoms with Crippen LogP contribution in [-0.2, 0) is 10.8 Å². The van der Waals surface area contributed by atoms with Crippen molar-refractivity contribution in [2.45, 2.75) is 17.9 Å². The second-order valence-corrected chi connectivity index (χ2v) is 5.24. The molecule has 0 amide bonds. The lowest BCUT2D eigenvalue weighted by Crippen LogP contribution is -2.12. The second kappa shape index (κ2) is 5.12. The van der Waals surface area contributed by atoms with E-state index in [0.29, 0.717) is 14.9 Å². The van der Waals surface area contributed by atoms with Crippen molar-refractivity contribution in [1.82, 2.24) is 0 Å². The van der Waals surface area contributed by atoms with Crippen LogP contribution in [0.3, 0.4) is 0 Å². The number of benzene rings is 1. The molecule has 0 aliphatic carbocycles. The van der Waals surface area contributed by atoms with Gasteiger partial charge in [-0.2, -0.15) is 0 Å². The molecule has 1 N–H and O–H groups in total. The Kier molecular flexibility index (Phi) is 4.38. The smallest absolute Gasteiger partial charge is 0.0630 e. The van der Waals surface area contributed by atoms with Gasteiger partial charge in [0, 0.05) is 5.02 Å². The lowest BCUT2D eigenvalue weighted by Gasteiger charge is -2.06. The molecule has 0 radical (unpaired) electrons. The molecule has 0 fully saturated rings. The van der Waals surface area contributed by atoms with Crippen LogP contribution in [0.15, 0.2) is 23.1 Å². The second-order valence-electron chi connectivity index (χ2n) is 2.94. The molecule has 0 saturated carbocycles. The minimum atomic E-state index is -1.27. The van der Waals surface area contributed by atoms with Gasteiger partial charge < -0.3 is 5.11 Å². The summed E-state index contributed by atoms with van der Waals surface area (Å²) >= 11 is 11.5. The summed E-state index contributed by atoms with van der Waals surface area (Å²) in [5, 5.41) is 9.95. The van der Waals surface area contributed by atoms with Crippen LogP contribution in [0.25, 0.3) is 0 Å². The highest BCUT2D eigenvalue weighted by molar-refractivity contribution is 7.85. The summed E-state index contributed by atoms with van der Waals surface area (Å²) in [5.41, 5.74) is 0. The van der Waals surface area contributed by atoms with Crippen molar-refractivity contribution in [2.24, 2.45) is 0 Å². The zero-order valence-electron chi connectivity index (χ0n) is 7.54. The Bertz CT molecular complexity index is 353. The van der Waals surface area contributed by atoms with E-state index in [1.165, 1.54) is 0 Å². The van der Waals surface area contributed by atoms with E-state index in [1.807, 2.05) is 0 Å². The molecule has 0 aromatic heterocycles. The van der Waals surface area contributed by atoms with Crippen molar-refractivity contribution >= 4 is 34.0 Å². The highest BCUT2D eigenvalue weighted by Crippen LogP contribution is 2.24. The molecular formula is C9H10Cl2O2S. The van der Waals surface area contributed by atoms with E-state index >= 15 is 0 Å². The Hall–Kier alpha value is -0.0900. The topological polar surface area (TPSA) is 37.3 Å². The molecule has 0 aliphatic rings. The highest BCUT2D eigenvalue weighted by atomic mass is 35.5. The summed E-state index contributed by atoms with van der Waals surface area (Å²) < 4.78 is 11.6. The Morgan fingerprint density at radius 3 is 2.64 bits per heavy atom. The molecule has 0 saturated heterocycles. The molecule has 2 nitrogen and oxygen atoms in total. The zero-order valence-corrected chi connectivity index (χ0v) is 9.86. The van der Waals surface area contributed by atoms with Crippen molar-refractivity contribution in [3.05, 3.63) is 28.2 Å². The van der Waals surface area contributed by atoms with Gasteiger partial charge in [-0.3, -0.25) is 4.21 Å². The molecule has 1 rings (SSSR count). The first kappa shape index (κ1) is 12.0. The maximum absolute atomic E-state index is 11.6. The third-order valence-electron chi connectivity index (χ3n) is 1.53. The Morgan fingerprint density at radius 1 is 1.50 bits per heavy atom. The molecule has 78 valence electrons. The maximum Gasteiger partial charge on any atom is 0.0630 e. The molecule has 0 aliphatic heterocycles. The quantitative estimate of drug-likeness (QED) is 0.898. The minimum Gasteiger partial charge on any atom is -0.392 e. The largest absolute Gasteiger partial charge is 0.392 e. The van der Waals surface area contributed by atoms with Crippen LogP contribution in [0.5, 0.6) is 0 Å². The summed E-state index contributed by atoms with van der Waals surface area (Å²) in [7, 11) is -1.27. The first-order valence-corrected chi connectivity index (χ1v) is 6.09. The van der Waals surface area contributed by atoms with Crippen molar-refractivity contribution in [2.75, 3.05) is 5.75 Å². The van der Waals surface area contributed by atoms with Gasteiger partial charge >= 0.3 is 0 Å². The summed E-state index contributed by atoms with van der Waals surface area (Å²) in [6.07, 6.45) is -0.609. The predicted molar refractivity (Wildman–Crippen MR) is 59.4 cm³/mol. The van der Waals surface area contributed by atoms with E-state index in [2.05, 4.69) is 0 Å². The predicted octanol–water partition coefficient (Wildman–Crippen LogP) is 2.48. The molecule has 5 heteroatoms. The highest BCUT2D eigenvalue weighted by Gasteiger charge is 2.11. The fraction of sp³-hybridized carbons (Fsp3) is 0.333. The number of aliphatic hydroxyl groups is 1. The Morgan fingerprint density at radius 2 is 2.14 bits per heavy atom. The first-order chi connectivity index (χ1) is 6.50. The number of aliphatic hydroxyl groups excluding tert-OH is 1. The number of halogens is 2. The van der Waals surface area contributed by atoms with Gasteiger partial charge in [0.15, 0.2) is 0 Å². The Balaban J connectivity index is 2.90. The van der Waals surface area contributed by atoms with Gasteiger partial charge in [-0.25, -0.2) is 0 Å². The van der Waals surface area contributed by atoms with Crippen LogP contribution >= 0.6 is 23.2 Å². The summed E-state index contributed by atoms with van der Waals surface area (Å²) in [6, 6.07) is 4.78. The summed E-state index contributed by atoms with van der Waals surface area (Å²) in [4.78, 5) is 0.511. The third-order valence-corrected chi connectivity index (χ3v) is 3.82. The van der Waals surface area contributed by atoms with Crippen LogP contribution < -0.4 is 0 Å². The van der Waals surface area contributed by atoms with Gasteiger partial charge in [-0.05, 0) is 25.1 Å². The number of hydrogen-bond donors (Lipinski definition) is 1. The van der Waals surface area contributed by atoms with Crippen LogP contribution in [0, 0.1) is 0 Å². The normalized spacial score (nSPS) is 15.1. The molecule has 0 spiro atoms. The zero-order chi connectivity index (χ0) is 10.7. The average Bonchev–Trinajstić information content (AvgIpc) is 2.01. The molecular weight excluding hydrogens is 243 g/mol. The van der Waals surface area contributed by atoms with Gasteiger partial charge in [0.25, 0.3) is 0 Å². The monoisotopic (exact) mass is 252 g/mol. The van der Waals surface area contributed by atoms with Gasteiger partial charge in [-0.1, -0.05) is 23.2 Å². The summed E-state index contributed by atoms with van der Waals surface area (Å²) in [6.45, 7) is 1.59. The third kappa shape index (κ3) is 3.24. The Labute approximate surface area is 95.3 Å². The van der Waals surface area contributed by atoms with Crippen molar-refractivity contribution in [3.63, 3.8) is 0 Å². The molecule has 0 heterocycles. The molecule has 0 bridgehead atoms. The fourth-order valence-electron chi connectivity index (χ4n) is 0.969. The molecule has 1 aromatic carbocycles. The van der Waals surface area contributed by atoms with Gasteiger partial charge in [0.1, 0.15) is 0 Å². The summed E-state index contributed by atoms with van der Waals surface area (Å²) in [5.74, 6) is 0.182. The van der Waals surface area contributed by atoms with E-state index in [4.69, 9.17) is 28.3 Å². The van der Waals surface area contributed by atoms with Crippen LogP contribution in [0.4, 0.5) is 0 Å². The molecule has 2 atom stereocenters. The van der Waals surface area contributed by atoms with Crippen molar-refractivity contribution < 1.29 is 9.32 Å². The number of hydrogen-bond acceptors (Lipinski definition) is 2. The van der Waals surface area contributed by atoms with E-state index in [1.54, 1.807) is 25.1 Å². The van der Waals surface area contributed by atoms with Gasteiger partial charge in [-0.15, -0.1) is 0 Å². The molecule has 14 heavy (non-hydrogen) atoms. The number of rotatable bonds is 3. The van der Waals surface area contributed by atoms with E-state index in [9.17, 15) is 4.21 Å². The fourth-order valence-corrected chi connectivity index (χ4v) is 2.75. The lowest BCUT2D eigenvalue weighted by atomic mass is 10.4. The van der Waals surface area contributed by atoms with Crippen LogP contribution in [0.2, 0.25) is 10.0 Å². The van der Waals surface area contributed by atoms with Crippen LogP contribution in [0.1, 0.15) is 6.92 Å². The molecule has 1 aromatic rings. The lowest BCUT2D eigenvalue weighted by molar-refractivity contribution is 0.219. The average molecular weight is 253 g/mol. The van der Waals surface area contributed by atoms with Gasteiger partial charge in [0.2, 0.25) is 0 Å². The van der Waals surface area contributed by atoms with Crippen molar-refractivity contribution in [3.8, 4) is 0 Å². The van der Waals surface area contributed by atoms with Crippen molar-refractivity contribution in [1.29, 1.82) is 0 Å². The van der Waals surface area contributed by atoms with Crippen LogP contribution in [-0.4, -0.2) is 21.2 Å². The SMILES string of the molecule is C[C@H](O)CS(=O)c1ccc(Cl)cc1Cl. The first-order valence-electron chi connectivity index (χ1n) is 4.02.